The first-order valence-electron chi connectivity index (χ1n) is 8.77. The molecule has 134 valence electrons. The number of carbonyl (C=O) groups is 1. The first-order chi connectivity index (χ1) is 13.2. The maximum atomic E-state index is 12.6. The van der Waals surface area contributed by atoms with Gasteiger partial charge in [-0.25, -0.2) is 4.98 Å². The fourth-order valence-corrected chi connectivity index (χ4v) is 3.14. The molecule has 0 atom stereocenters. The van der Waals surface area contributed by atoms with E-state index in [4.69, 9.17) is 16.6 Å². The third-order valence-corrected chi connectivity index (χ3v) is 4.64. The van der Waals surface area contributed by atoms with Crippen LogP contribution < -0.4 is 5.32 Å². The topological polar surface area (TPSA) is 46.4 Å². The molecule has 1 N–H and O–H groups in total. The summed E-state index contributed by atoms with van der Waals surface area (Å²) in [7, 11) is 0. The number of benzene rings is 2. The summed E-state index contributed by atoms with van der Waals surface area (Å²) in [5.41, 5.74) is 3.61. The number of nitrogens with one attached hydrogen (secondary N) is 1. The number of rotatable bonds is 5. The zero-order valence-corrected chi connectivity index (χ0v) is 15.4. The zero-order chi connectivity index (χ0) is 18.6. The van der Waals surface area contributed by atoms with E-state index in [2.05, 4.69) is 5.32 Å². The van der Waals surface area contributed by atoms with Gasteiger partial charge in [-0.15, -0.1) is 0 Å². The highest BCUT2D eigenvalue weighted by Crippen LogP contribution is 2.28. The monoisotopic (exact) mass is 375 g/mol. The number of amides is 1. The molecule has 0 aliphatic carbocycles. The summed E-state index contributed by atoms with van der Waals surface area (Å²) in [6, 6.07) is 23.2. The fourth-order valence-electron chi connectivity index (χ4n) is 3.02. The minimum absolute atomic E-state index is 0.0483. The molecule has 1 amide bonds. The predicted octanol–water partition coefficient (Wildman–Crippen LogP) is 5.23. The summed E-state index contributed by atoms with van der Waals surface area (Å²) in [6.45, 7) is 0. The summed E-state index contributed by atoms with van der Waals surface area (Å²) in [5.74, 6) is 0.644. The van der Waals surface area contributed by atoms with Crippen LogP contribution >= 0.6 is 11.6 Å². The Balaban J connectivity index is 1.59. The lowest BCUT2D eigenvalue weighted by Gasteiger charge is -2.08. The van der Waals surface area contributed by atoms with Crippen molar-refractivity contribution in [2.24, 2.45) is 0 Å². The van der Waals surface area contributed by atoms with Crippen LogP contribution in [0, 0.1) is 0 Å². The smallest absolute Gasteiger partial charge is 0.225 e. The number of aryl methyl sites for hydroxylation is 1. The first kappa shape index (κ1) is 17.3. The molecule has 0 bridgehead atoms. The van der Waals surface area contributed by atoms with Crippen LogP contribution in [0.2, 0.25) is 5.02 Å². The first-order valence-corrected chi connectivity index (χ1v) is 9.15. The Kier molecular flexibility index (Phi) is 4.90. The van der Waals surface area contributed by atoms with Crippen molar-refractivity contribution in [2.45, 2.75) is 12.8 Å². The van der Waals surface area contributed by atoms with Crippen molar-refractivity contribution in [2.75, 3.05) is 5.32 Å². The number of carbonyl (C=O) groups excluding carboxylic acids is 1. The van der Waals surface area contributed by atoms with Gasteiger partial charge < -0.3 is 5.32 Å². The van der Waals surface area contributed by atoms with Gasteiger partial charge in [0.05, 0.1) is 0 Å². The highest BCUT2D eigenvalue weighted by Gasteiger charge is 2.16. The van der Waals surface area contributed by atoms with Crippen LogP contribution in [0.1, 0.15) is 12.0 Å². The van der Waals surface area contributed by atoms with E-state index < -0.39 is 0 Å². The number of nitrogens with zero attached hydrogens (tertiary/aromatic N) is 2. The van der Waals surface area contributed by atoms with E-state index in [1.807, 2.05) is 83.4 Å². The Labute approximate surface area is 162 Å². The lowest BCUT2D eigenvalue weighted by molar-refractivity contribution is -0.116. The molecule has 0 fully saturated rings. The maximum Gasteiger partial charge on any atom is 0.225 e. The number of hydrogen-bond acceptors (Lipinski definition) is 2. The highest BCUT2D eigenvalue weighted by molar-refractivity contribution is 6.30. The molecule has 5 heteroatoms. The average molecular weight is 376 g/mol. The third-order valence-electron chi connectivity index (χ3n) is 4.39. The number of hydrogen-bond donors (Lipinski definition) is 1. The Hall–Kier alpha value is -3.11. The Bertz CT molecular complexity index is 1070. The van der Waals surface area contributed by atoms with Gasteiger partial charge in [-0.05, 0) is 36.2 Å². The molecule has 4 nitrogen and oxygen atoms in total. The van der Waals surface area contributed by atoms with Crippen molar-refractivity contribution < 1.29 is 4.79 Å². The third kappa shape index (κ3) is 3.86. The van der Waals surface area contributed by atoms with Crippen LogP contribution in [-0.2, 0) is 11.2 Å². The molecule has 4 aromatic rings. The Morgan fingerprint density at radius 3 is 2.48 bits per heavy atom. The predicted molar refractivity (Wildman–Crippen MR) is 109 cm³/mol. The van der Waals surface area contributed by atoms with Gasteiger partial charge in [0.15, 0.2) is 0 Å². The van der Waals surface area contributed by atoms with Crippen LogP contribution in [-0.4, -0.2) is 15.3 Å². The molecule has 0 aliphatic rings. The summed E-state index contributed by atoms with van der Waals surface area (Å²) < 4.78 is 1.91. The summed E-state index contributed by atoms with van der Waals surface area (Å²) >= 11 is 5.91. The van der Waals surface area contributed by atoms with Crippen molar-refractivity contribution >= 4 is 29.0 Å². The van der Waals surface area contributed by atoms with Crippen molar-refractivity contribution in [1.82, 2.24) is 9.38 Å². The van der Waals surface area contributed by atoms with Gasteiger partial charge in [-0.1, -0.05) is 60.1 Å². The lowest BCUT2D eigenvalue weighted by atomic mass is 10.1. The molecule has 0 unspecified atom stereocenters. The Morgan fingerprint density at radius 2 is 1.70 bits per heavy atom. The van der Waals surface area contributed by atoms with Crippen LogP contribution in [0.15, 0.2) is 79.0 Å². The van der Waals surface area contributed by atoms with E-state index >= 15 is 0 Å². The lowest BCUT2D eigenvalue weighted by Crippen LogP contribution is -2.14. The van der Waals surface area contributed by atoms with Gasteiger partial charge in [0.25, 0.3) is 0 Å². The molecule has 2 heterocycles. The molecule has 4 rings (SSSR count). The standard InChI is InChI=1S/C22H18ClN3O/c23-18-12-9-16(10-13-18)11-14-20(27)25-22-21(17-6-2-1-3-7-17)24-19-8-4-5-15-26(19)22/h1-10,12-13,15H,11,14H2,(H,25,27). The minimum Gasteiger partial charge on any atom is -0.310 e. The highest BCUT2D eigenvalue weighted by atomic mass is 35.5. The average Bonchev–Trinajstić information content (AvgIpc) is 3.07. The molecule has 2 aromatic carbocycles. The number of fused-ring (bicyclic) bond motifs is 1. The number of aromatic nitrogens is 2. The SMILES string of the molecule is O=C(CCc1ccc(Cl)cc1)Nc1c(-c2ccccc2)nc2ccccn12. The van der Waals surface area contributed by atoms with E-state index in [9.17, 15) is 4.79 Å². The van der Waals surface area contributed by atoms with Crippen LogP contribution in [0.3, 0.4) is 0 Å². The molecule has 0 saturated heterocycles. The van der Waals surface area contributed by atoms with E-state index in [-0.39, 0.29) is 5.91 Å². The van der Waals surface area contributed by atoms with Crippen molar-refractivity contribution in [1.29, 1.82) is 0 Å². The summed E-state index contributed by atoms with van der Waals surface area (Å²) in [5, 5.41) is 3.74. The van der Waals surface area contributed by atoms with Crippen LogP contribution in [0.25, 0.3) is 16.9 Å². The zero-order valence-electron chi connectivity index (χ0n) is 14.6. The second-order valence-corrected chi connectivity index (χ2v) is 6.71. The molecule has 0 aliphatic heterocycles. The quantitative estimate of drug-likeness (QED) is 0.519. The largest absolute Gasteiger partial charge is 0.310 e. The number of halogens is 1. The van der Waals surface area contributed by atoms with Gasteiger partial charge in [0.2, 0.25) is 5.91 Å². The Morgan fingerprint density at radius 1 is 0.963 bits per heavy atom. The van der Waals surface area contributed by atoms with E-state index in [1.165, 1.54) is 0 Å². The molecule has 2 aromatic heterocycles. The molecule has 0 saturated carbocycles. The molecular formula is C22H18ClN3O. The van der Waals surface area contributed by atoms with E-state index in [1.54, 1.807) is 0 Å². The summed E-state index contributed by atoms with van der Waals surface area (Å²) in [6.07, 6.45) is 2.94. The van der Waals surface area contributed by atoms with E-state index in [0.717, 1.165) is 22.5 Å². The molecule has 0 radical (unpaired) electrons. The maximum absolute atomic E-state index is 12.6. The van der Waals surface area contributed by atoms with Crippen molar-refractivity contribution in [3.63, 3.8) is 0 Å². The molecular weight excluding hydrogens is 358 g/mol. The number of pyridine rings is 1. The molecule has 0 spiro atoms. The van der Waals surface area contributed by atoms with Gasteiger partial charge in [-0.2, -0.15) is 0 Å². The second kappa shape index (κ2) is 7.64. The number of imidazole rings is 1. The van der Waals surface area contributed by atoms with Crippen molar-refractivity contribution in [3.05, 3.63) is 89.6 Å². The van der Waals surface area contributed by atoms with Gasteiger partial charge in [-0.3, -0.25) is 9.20 Å². The van der Waals surface area contributed by atoms with E-state index in [0.29, 0.717) is 23.7 Å². The fraction of sp³-hybridized carbons (Fsp3) is 0.0909. The van der Waals surface area contributed by atoms with Gasteiger partial charge >= 0.3 is 0 Å². The number of anilines is 1. The van der Waals surface area contributed by atoms with Crippen LogP contribution in [0.5, 0.6) is 0 Å². The van der Waals surface area contributed by atoms with Crippen LogP contribution in [0.4, 0.5) is 5.82 Å². The molecule has 27 heavy (non-hydrogen) atoms. The van der Waals surface area contributed by atoms with Gasteiger partial charge in [0, 0.05) is 23.2 Å². The van der Waals surface area contributed by atoms with Crippen molar-refractivity contribution in [3.8, 4) is 11.3 Å². The summed E-state index contributed by atoms with van der Waals surface area (Å²) in [4.78, 5) is 17.3. The van der Waals surface area contributed by atoms with Gasteiger partial charge in [0.1, 0.15) is 17.2 Å². The normalized spacial score (nSPS) is 10.9. The minimum atomic E-state index is -0.0483. The second-order valence-electron chi connectivity index (χ2n) is 6.28.